The summed E-state index contributed by atoms with van der Waals surface area (Å²) in [6.45, 7) is 4.39. The van der Waals surface area contributed by atoms with Crippen molar-refractivity contribution in [3.63, 3.8) is 0 Å². The summed E-state index contributed by atoms with van der Waals surface area (Å²) in [7, 11) is -2.78. The van der Waals surface area contributed by atoms with Crippen molar-refractivity contribution < 1.29 is 17.5 Å². The minimum atomic E-state index is -4.67. The molecule has 0 heterocycles. The lowest BCUT2D eigenvalue weighted by Crippen LogP contribution is -2.02. The van der Waals surface area contributed by atoms with Crippen molar-refractivity contribution in [2.24, 2.45) is 0 Å². The Hall–Kier alpha value is -0.430. The molecule has 0 fully saturated rings. The number of hydrogen-bond acceptors (Lipinski definition) is 3. The van der Waals surface area contributed by atoms with Crippen molar-refractivity contribution in [2.75, 3.05) is 13.6 Å². The normalized spacial score (nSPS) is 9.50. The van der Waals surface area contributed by atoms with E-state index in [4.69, 9.17) is 17.5 Å². The van der Waals surface area contributed by atoms with Crippen LogP contribution in [0.1, 0.15) is 0 Å². The monoisotopic (exact) mass is 169 g/mol. The molecule has 10 heavy (non-hydrogen) atoms. The molecule has 0 aromatic heterocycles. The van der Waals surface area contributed by atoms with E-state index in [0.29, 0.717) is 0 Å². The molecule has 0 saturated carbocycles. The van der Waals surface area contributed by atoms with E-state index in [9.17, 15) is 0 Å². The standard InChI is InChI=1S/C4H9N.H2O4S/c1-3-4-5-2;1-5(2,3)4/h3,5H,1,4H2,2H3;(H2,1,2,3,4). The maximum Gasteiger partial charge on any atom is 0.394 e. The van der Waals surface area contributed by atoms with Crippen LogP contribution in [0, 0.1) is 0 Å². The minimum Gasteiger partial charge on any atom is -0.316 e. The van der Waals surface area contributed by atoms with E-state index in [0.717, 1.165) is 6.54 Å². The predicted octanol–water partition coefficient (Wildman–Crippen LogP) is -0.261. The molecule has 0 atom stereocenters. The van der Waals surface area contributed by atoms with Gasteiger partial charge in [-0.1, -0.05) is 6.08 Å². The Balaban J connectivity index is 0. The smallest absolute Gasteiger partial charge is 0.316 e. The van der Waals surface area contributed by atoms with Crippen LogP contribution in [0.5, 0.6) is 0 Å². The summed E-state index contributed by atoms with van der Waals surface area (Å²) in [5, 5.41) is 2.90. The highest BCUT2D eigenvalue weighted by molar-refractivity contribution is 7.79. The van der Waals surface area contributed by atoms with Gasteiger partial charge in [0.15, 0.2) is 0 Å². The SMILES string of the molecule is C=CCNC.O=S(=O)(O)O. The summed E-state index contributed by atoms with van der Waals surface area (Å²) in [6.07, 6.45) is 1.82. The van der Waals surface area contributed by atoms with Crippen LogP contribution in [0.2, 0.25) is 0 Å². The molecule has 0 aliphatic carbocycles. The second kappa shape index (κ2) is 6.69. The number of hydrogen-bond donors (Lipinski definition) is 3. The Morgan fingerprint density at radius 1 is 1.60 bits per heavy atom. The van der Waals surface area contributed by atoms with Crippen molar-refractivity contribution >= 4 is 10.4 Å². The molecule has 3 N–H and O–H groups in total. The molecule has 0 bridgehead atoms. The Kier molecular flexibility index (Phi) is 8.20. The van der Waals surface area contributed by atoms with Crippen molar-refractivity contribution in [3.05, 3.63) is 12.7 Å². The van der Waals surface area contributed by atoms with Gasteiger partial charge in [-0.15, -0.1) is 6.58 Å². The van der Waals surface area contributed by atoms with Crippen LogP contribution in [0.3, 0.4) is 0 Å². The summed E-state index contributed by atoms with van der Waals surface area (Å²) in [5.74, 6) is 0. The zero-order chi connectivity index (χ0) is 8.62. The Morgan fingerprint density at radius 2 is 1.90 bits per heavy atom. The van der Waals surface area contributed by atoms with Crippen molar-refractivity contribution in [3.8, 4) is 0 Å². The summed E-state index contributed by atoms with van der Waals surface area (Å²) in [5.41, 5.74) is 0. The van der Waals surface area contributed by atoms with Gasteiger partial charge in [0.25, 0.3) is 0 Å². The number of rotatable bonds is 2. The molecular formula is C4H11NO4S. The van der Waals surface area contributed by atoms with E-state index in [1.165, 1.54) is 0 Å². The molecule has 0 aliphatic heterocycles. The third kappa shape index (κ3) is 133. The maximum absolute atomic E-state index is 8.74. The first-order valence-electron chi connectivity index (χ1n) is 2.37. The van der Waals surface area contributed by atoms with Crippen molar-refractivity contribution in [2.45, 2.75) is 0 Å². The third-order valence-corrected chi connectivity index (χ3v) is 0.348. The first-order valence-corrected chi connectivity index (χ1v) is 3.77. The van der Waals surface area contributed by atoms with Crippen LogP contribution < -0.4 is 5.32 Å². The third-order valence-electron chi connectivity index (χ3n) is 0.348. The van der Waals surface area contributed by atoms with E-state index >= 15 is 0 Å². The molecule has 0 rings (SSSR count). The lowest BCUT2D eigenvalue weighted by molar-refractivity contribution is 0.381. The Morgan fingerprint density at radius 3 is 1.90 bits per heavy atom. The fraction of sp³-hybridized carbons (Fsp3) is 0.500. The van der Waals surface area contributed by atoms with Crippen LogP contribution in [0.25, 0.3) is 0 Å². The average Bonchev–Trinajstić information content (AvgIpc) is 1.63. The second-order valence-electron chi connectivity index (χ2n) is 1.29. The minimum absolute atomic E-state index is 0.903. The summed E-state index contributed by atoms with van der Waals surface area (Å²) < 4.78 is 31.6. The predicted molar refractivity (Wildman–Crippen MR) is 38.3 cm³/mol. The van der Waals surface area contributed by atoms with E-state index in [1.54, 1.807) is 0 Å². The van der Waals surface area contributed by atoms with Crippen LogP contribution in [-0.4, -0.2) is 31.1 Å². The fourth-order valence-electron chi connectivity index (χ4n) is 0.144. The second-order valence-corrected chi connectivity index (χ2v) is 2.19. The van der Waals surface area contributed by atoms with Gasteiger partial charge in [-0.2, -0.15) is 8.42 Å². The van der Waals surface area contributed by atoms with E-state index in [2.05, 4.69) is 11.9 Å². The molecule has 0 unspecified atom stereocenters. The molecule has 0 aromatic carbocycles. The van der Waals surface area contributed by atoms with Gasteiger partial charge in [0.1, 0.15) is 0 Å². The van der Waals surface area contributed by atoms with E-state index in [1.807, 2.05) is 13.1 Å². The van der Waals surface area contributed by atoms with Crippen LogP contribution >= 0.6 is 0 Å². The largest absolute Gasteiger partial charge is 0.394 e. The molecule has 0 spiro atoms. The first-order chi connectivity index (χ1) is 4.41. The zero-order valence-corrected chi connectivity index (χ0v) is 6.43. The highest BCUT2D eigenvalue weighted by Crippen LogP contribution is 1.59. The lowest BCUT2D eigenvalue weighted by Gasteiger charge is -1.79. The molecule has 62 valence electrons. The van der Waals surface area contributed by atoms with Crippen LogP contribution in [0.15, 0.2) is 12.7 Å². The van der Waals surface area contributed by atoms with Crippen LogP contribution in [-0.2, 0) is 10.4 Å². The highest BCUT2D eigenvalue weighted by Gasteiger charge is 1.84. The van der Waals surface area contributed by atoms with Gasteiger partial charge in [-0.3, -0.25) is 9.11 Å². The molecule has 5 nitrogen and oxygen atoms in total. The maximum atomic E-state index is 8.74. The highest BCUT2D eigenvalue weighted by atomic mass is 32.3. The van der Waals surface area contributed by atoms with Gasteiger partial charge in [-0.05, 0) is 7.05 Å². The average molecular weight is 169 g/mol. The number of nitrogens with one attached hydrogen (secondary N) is 1. The summed E-state index contributed by atoms with van der Waals surface area (Å²) in [6, 6.07) is 0. The molecule has 0 aliphatic rings. The van der Waals surface area contributed by atoms with E-state index < -0.39 is 10.4 Å². The number of likely N-dealkylation sites (N-methyl/N-ethyl adjacent to an activating group) is 1. The van der Waals surface area contributed by atoms with Gasteiger partial charge in [-0.25, -0.2) is 0 Å². The van der Waals surface area contributed by atoms with Crippen molar-refractivity contribution in [1.29, 1.82) is 0 Å². The summed E-state index contributed by atoms with van der Waals surface area (Å²) >= 11 is 0. The lowest BCUT2D eigenvalue weighted by atomic mass is 10.6. The van der Waals surface area contributed by atoms with Crippen LogP contribution in [0.4, 0.5) is 0 Å². The molecule has 0 radical (unpaired) electrons. The van der Waals surface area contributed by atoms with Gasteiger partial charge < -0.3 is 5.32 Å². The van der Waals surface area contributed by atoms with Gasteiger partial charge in [0.05, 0.1) is 0 Å². The van der Waals surface area contributed by atoms with Gasteiger partial charge >= 0.3 is 10.4 Å². The fourth-order valence-corrected chi connectivity index (χ4v) is 0.144. The zero-order valence-electron chi connectivity index (χ0n) is 5.61. The first kappa shape index (κ1) is 12.3. The Bertz CT molecular complexity index is 154. The molecule has 0 saturated heterocycles. The van der Waals surface area contributed by atoms with Crippen molar-refractivity contribution in [1.82, 2.24) is 5.32 Å². The summed E-state index contributed by atoms with van der Waals surface area (Å²) in [4.78, 5) is 0. The molecular weight excluding hydrogens is 158 g/mol. The molecule has 0 aromatic rings. The Labute approximate surface area is 60.3 Å². The molecule has 0 amide bonds. The molecule has 6 heteroatoms. The topological polar surface area (TPSA) is 86.6 Å². The van der Waals surface area contributed by atoms with Gasteiger partial charge in [0.2, 0.25) is 0 Å². The van der Waals surface area contributed by atoms with E-state index in [-0.39, 0.29) is 0 Å². The van der Waals surface area contributed by atoms with Gasteiger partial charge in [0, 0.05) is 6.54 Å². The quantitative estimate of drug-likeness (QED) is 0.391.